The van der Waals surface area contributed by atoms with E-state index in [2.05, 4.69) is 15.6 Å². The van der Waals surface area contributed by atoms with Crippen molar-refractivity contribution in [2.45, 2.75) is 20.4 Å². The Bertz CT molecular complexity index is 1010. The number of urea groups is 1. The SMILES string of the molecule is CCNC(=O)Nc1ccc2nc(C)n(Cc3ccc(Cl)cc3)c(=O)c2c1. The highest BCUT2D eigenvalue weighted by molar-refractivity contribution is 6.30. The first kappa shape index (κ1) is 17.9. The van der Waals surface area contributed by atoms with E-state index < -0.39 is 0 Å². The lowest BCUT2D eigenvalue weighted by atomic mass is 10.2. The Morgan fingerprint density at radius 3 is 2.62 bits per heavy atom. The van der Waals surface area contributed by atoms with Crippen molar-refractivity contribution in [3.8, 4) is 0 Å². The summed E-state index contributed by atoms with van der Waals surface area (Å²) >= 11 is 5.92. The third-order valence-electron chi connectivity index (χ3n) is 3.99. The number of nitrogens with zero attached hydrogens (tertiary/aromatic N) is 2. The molecule has 2 N–H and O–H groups in total. The van der Waals surface area contributed by atoms with Crippen LogP contribution in [0.1, 0.15) is 18.3 Å². The van der Waals surface area contributed by atoms with Gasteiger partial charge < -0.3 is 10.6 Å². The summed E-state index contributed by atoms with van der Waals surface area (Å²) in [6, 6.07) is 12.1. The number of aryl methyl sites for hydroxylation is 1. The molecule has 1 aromatic heterocycles. The number of carbonyl (C=O) groups excluding carboxylic acids is 1. The van der Waals surface area contributed by atoms with Crippen LogP contribution in [0.2, 0.25) is 5.02 Å². The van der Waals surface area contributed by atoms with E-state index in [-0.39, 0.29) is 11.6 Å². The highest BCUT2D eigenvalue weighted by Crippen LogP contribution is 2.16. The lowest BCUT2D eigenvalue weighted by Gasteiger charge is -2.12. The number of amides is 2. The van der Waals surface area contributed by atoms with Crippen LogP contribution in [0.15, 0.2) is 47.3 Å². The van der Waals surface area contributed by atoms with Crippen molar-refractivity contribution in [3.05, 3.63) is 69.2 Å². The number of hydrogen-bond donors (Lipinski definition) is 2. The number of carbonyl (C=O) groups is 1. The smallest absolute Gasteiger partial charge is 0.319 e. The fourth-order valence-corrected chi connectivity index (χ4v) is 2.83. The molecule has 2 amide bonds. The number of fused-ring (bicyclic) bond motifs is 1. The van der Waals surface area contributed by atoms with Crippen LogP contribution in [0, 0.1) is 6.92 Å². The van der Waals surface area contributed by atoms with Gasteiger partial charge >= 0.3 is 6.03 Å². The van der Waals surface area contributed by atoms with Crippen molar-refractivity contribution in [2.24, 2.45) is 0 Å². The van der Waals surface area contributed by atoms with Crippen molar-refractivity contribution in [1.29, 1.82) is 0 Å². The molecule has 0 radical (unpaired) electrons. The number of benzene rings is 2. The summed E-state index contributed by atoms with van der Waals surface area (Å²) in [6.07, 6.45) is 0. The van der Waals surface area contributed by atoms with Crippen LogP contribution in [0.25, 0.3) is 10.9 Å². The van der Waals surface area contributed by atoms with Crippen molar-refractivity contribution in [1.82, 2.24) is 14.9 Å². The summed E-state index contributed by atoms with van der Waals surface area (Å²) in [5, 5.41) is 6.47. The van der Waals surface area contributed by atoms with Gasteiger partial charge in [-0.15, -0.1) is 0 Å². The molecule has 6 nitrogen and oxygen atoms in total. The number of anilines is 1. The molecule has 0 saturated heterocycles. The van der Waals surface area contributed by atoms with E-state index in [1.165, 1.54) is 0 Å². The predicted molar refractivity (Wildman–Crippen MR) is 104 cm³/mol. The zero-order valence-corrected chi connectivity index (χ0v) is 15.3. The van der Waals surface area contributed by atoms with Crippen LogP contribution in [0.5, 0.6) is 0 Å². The topological polar surface area (TPSA) is 76.0 Å². The Morgan fingerprint density at radius 2 is 1.92 bits per heavy atom. The Morgan fingerprint density at radius 1 is 1.19 bits per heavy atom. The molecule has 26 heavy (non-hydrogen) atoms. The molecular weight excluding hydrogens is 352 g/mol. The van der Waals surface area contributed by atoms with Gasteiger partial charge in [0.15, 0.2) is 0 Å². The first-order valence-corrected chi connectivity index (χ1v) is 8.66. The van der Waals surface area contributed by atoms with Gasteiger partial charge in [-0.3, -0.25) is 9.36 Å². The molecule has 0 aliphatic carbocycles. The molecule has 0 fully saturated rings. The van der Waals surface area contributed by atoms with E-state index in [0.29, 0.717) is 40.5 Å². The minimum Gasteiger partial charge on any atom is -0.338 e. The highest BCUT2D eigenvalue weighted by Gasteiger charge is 2.10. The van der Waals surface area contributed by atoms with Crippen LogP contribution in [0.3, 0.4) is 0 Å². The Hall–Kier alpha value is -2.86. The van der Waals surface area contributed by atoms with Crippen LogP contribution in [-0.4, -0.2) is 22.1 Å². The predicted octanol–water partition coefficient (Wildman–Crippen LogP) is 3.55. The van der Waals surface area contributed by atoms with Gasteiger partial charge in [-0.05, 0) is 49.7 Å². The quantitative estimate of drug-likeness (QED) is 0.737. The Labute approximate surface area is 155 Å². The molecule has 1 heterocycles. The fraction of sp³-hybridized carbons (Fsp3) is 0.211. The van der Waals surface area contributed by atoms with E-state index in [0.717, 1.165) is 5.56 Å². The van der Waals surface area contributed by atoms with Crippen molar-refractivity contribution in [2.75, 3.05) is 11.9 Å². The van der Waals surface area contributed by atoms with E-state index in [9.17, 15) is 9.59 Å². The summed E-state index contributed by atoms with van der Waals surface area (Å²) in [7, 11) is 0. The zero-order chi connectivity index (χ0) is 18.7. The standard InChI is InChI=1S/C19H19ClN4O2/c1-3-21-19(26)23-15-8-9-17-16(10-15)18(25)24(12(2)22-17)11-13-4-6-14(20)7-5-13/h4-10H,3,11H2,1-2H3,(H2,21,23,26). The maximum Gasteiger partial charge on any atom is 0.319 e. The van der Waals surface area contributed by atoms with Crippen LogP contribution in [0.4, 0.5) is 10.5 Å². The van der Waals surface area contributed by atoms with E-state index >= 15 is 0 Å². The second kappa shape index (κ2) is 7.58. The molecule has 0 bridgehead atoms. The normalized spacial score (nSPS) is 10.7. The number of rotatable bonds is 4. The zero-order valence-electron chi connectivity index (χ0n) is 14.5. The average molecular weight is 371 g/mol. The average Bonchev–Trinajstić information content (AvgIpc) is 2.61. The number of halogens is 1. The maximum atomic E-state index is 13.0. The highest BCUT2D eigenvalue weighted by atomic mass is 35.5. The van der Waals surface area contributed by atoms with Gasteiger partial charge in [0.2, 0.25) is 0 Å². The fourth-order valence-electron chi connectivity index (χ4n) is 2.70. The molecular formula is C19H19ClN4O2. The van der Waals surface area contributed by atoms with Gasteiger partial charge in [-0.25, -0.2) is 9.78 Å². The largest absolute Gasteiger partial charge is 0.338 e. The molecule has 7 heteroatoms. The molecule has 134 valence electrons. The van der Waals surface area contributed by atoms with Gasteiger partial charge in [0.05, 0.1) is 17.4 Å². The molecule has 2 aromatic carbocycles. The molecule has 3 rings (SSSR count). The lowest BCUT2D eigenvalue weighted by molar-refractivity contribution is 0.252. The monoisotopic (exact) mass is 370 g/mol. The van der Waals surface area contributed by atoms with Gasteiger partial charge in [-0.2, -0.15) is 0 Å². The lowest BCUT2D eigenvalue weighted by Crippen LogP contribution is -2.28. The number of aromatic nitrogens is 2. The second-order valence-electron chi connectivity index (χ2n) is 5.89. The summed E-state index contributed by atoms with van der Waals surface area (Å²) in [5.41, 5.74) is 1.95. The van der Waals surface area contributed by atoms with Crippen LogP contribution >= 0.6 is 11.6 Å². The molecule has 0 unspecified atom stereocenters. The van der Waals surface area contributed by atoms with Crippen LogP contribution < -0.4 is 16.2 Å². The summed E-state index contributed by atoms with van der Waals surface area (Å²) in [4.78, 5) is 29.2. The van der Waals surface area contributed by atoms with Gasteiger partial charge in [0.1, 0.15) is 5.82 Å². The summed E-state index contributed by atoms with van der Waals surface area (Å²) < 4.78 is 1.61. The molecule has 0 aliphatic rings. The van der Waals surface area contributed by atoms with E-state index in [1.54, 1.807) is 41.8 Å². The van der Waals surface area contributed by atoms with Gasteiger partial charge in [0, 0.05) is 17.3 Å². The first-order valence-electron chi connectivity index (χ1n) is 8.28. The van der Waals surface area contributed by atoms with Crippen molar-refractivity contribution >= 4 is 34.2 Å². The molecule has 0 atom stereocenters. The summed E-state index contributed by atoms with van der Waals surface area (Å²) in [6.45, 7) is 4.56. The summed E-state index contributed by atoms with van der Waals surface area (Å²) in [5.74, 6) is 0.627. The van der Waals surface area contributed by atoms with Crippen LogP contribution in [-0.2, 0) is 6.54 Å². The number of nitrogens with one attached hydrogen (secondary N) is 2. The van der Waals surface area contributed by atoms with Crippen molar-refractivity contribution in [3.63, 3.8) is 0 Å². The minimum absolute atomic E-state index is 0.151. The third kappa shape index (κ3) is 3.86. The van der Waals surface area contributed by atoms with Crippen molar-refractivity contribution < 1.29 is 4.79 Å². The van der Waals surface area contributed by atoms with Gasteiger partial charge in [-0.1, -0.05) is 23.7 Å². The van der Waals surface area contributed by atoms with Gasteiger partial charge in [0.25, 0.3) is 5.56 Å². The van der Waals surface area contributed by atoms with E-state index in [1.807, 2.05) is 19.1 Å². The Kier molecular flexibility index (Phi) is 5.23. The molecule has 3 aromatic rings. The molecule has 0 saturated carbocycles. The third-order valence-corrected chi connectivity index (χ3v) is 4.25. The second-order valence-corrected chi connectivity index (χ2v) is 6.33. The number of hydrogen-bond acceptors (Lipinski definition) is 3. The first-order chi connectivity index (χ1) is 12.5. The molecule has 0 aliphatic heterocycles. The minimum atomic E-state index is -0.312. The maximum absolute atomic E-state index is 13.0. The van der Waals surface area contributed by atoms with E-state index in [4.69, 9.17) is 11.6 Å². The molecule has 0 spiro atoms. The Balaban J connectivity index is 2.00.